The van der Waals surface area contributed by atoms with Crippen molar-refractivity contribution in [3.05, 3.63) is 125 Å². The van der Waals surface area contributed by atoms with Gasteiger partial charge in [-0.25, -0.2) is 29.9 Å². The fraction of sp³-hybridized carbons (Fsp3) is 0.167. The molecule has 15 heteroatoms. The number of hydrogen-bond donors (Lipinski definition) is 6. The van der Waals surface area contributed by atoms with Crippen LogP contribution in [0.3, 0.4) is 0 Å². The molecule has 7 N–H and O–H groups in total. The predicted molar refractivity (Wildman–Crippen MR) is 206 cm³/mol. The molecule has 0 bridgehead atoms. The number of halogens is 3. The lowest BCUT2D eigenvalue weighted by Crippen LogP contribution is -2.05. The Kier molecular flexibility index (Phi) is 16.2. The van der Waals surface area contributed by atoms with Gasteiger partial charge in [-0.2, -0.15) is 0 Å². The molecule has 0 radical (unpaired) electrons. The highest BCUT2D eigenvalue weighted by Gasteiger charge is 2.06. The Morgan fingerprint density at radius 2 is 1.12 bits per heavy atom. The van der Waals surface area contributed by atoms with Gasteiger partial charge in [0.25, 0.3) is 0 Å². The van der Waals surface area contributed by atoms with Crippen LogP contribution in [0.15, 0.2) is 110 Å². The van der Waals surface area contributed by atoms with Gasteiger partial charge >= 0.3 is 0 Å². The number of nitrogens with one attached hydrogen (secondary N) is 3. The minimum absolute atomic E-state index is 0.150. The highest BCUT2D eigenvalue weighted by Crippen LogP contribution is 2.24. The van der Waals surface area contributed by atoms with Gasteiger partial charge in [-0.3, -0.25) is 0 Å². The third-order valence-corrected chi connectivity index (χ3v) is 7.23. The molecule has 0 aliphatic rings. The van der Waals surface area contributed by atoms with Gasteiger partial charge in [-0.1, -0.05) is 46.9 Å². The average molecular weight is 748 g/mol. The molecule has 6 rings (SSSR count). The lowest BCUT2D eigenvalue weighted by atomic mass is 10.2. The van der Waals surface area contributed by atoms with Crippen LogP contribution in [0.2, 0.25) is 15.2 Å². The second-order valence-electron chi connectivity index (χ2n) is 10.5. The smallest absolute Gasteiger partial charge is 0.227 e. The molecule has 6 aromatic rings. The molecule has 0 saturated carbocycles. The van der Waals surface area contributed by atoms with Gasteiger partial charge in [0.05, 0.1) is 11.4 Å². The monoisotopic (exact) mass is 746 g/mol. The third-order valence-electron chi connectivity index (χ3n) is 6.55. The molecular weight excluding hydrogens is 711 g/mol. The Hall–Kier alpha value is -4.95. The van der Waals surface area contributed by atoms with Crippen LogP contribution in [0.1, 0.15) is 12.8 Å². The topological polar surface area (TPSA) is 180 Å². The predicted octanol–water partition coefficient (Wildman–Crippen LogP) is 7.65. The largest absolute Gasteiger partial charge is 0.396 e. The Balaban J connectivity index is 0.000000204. The van der Waals surface area contributed by atoms with Crippen molar-refractivity contribution < 1.29 is 10.2 Å². The van der Waals surface area contributed by atoms with Gasteiger partial charge in [-0.15, -0.1) is 0 Å². The first-order chi connectivity index (χ1) is 24.9. The van der Waals surface area contributed by atoms with Crippen molar-refractivity contribution in [2.75, 3.05) is 42.3 Å². The summed E-state index contributed by atoms with van der Waals surface area (Å²) in [7, 11) is 0. The lowest BCUT2D eigenvalue weighted by molar-refractivity contribution is 0.291. The zero-order chi connectivity index (χ0) is 36.3. The van der Waals surface area contributed by atoms with Crippen LogP contribution in [0.5, 0.6) is 0 Å². The average Bonchev–Trinajstić information content (AvgIpc) is 3.13. The fourth-order valence-corrected chi connectivity index (χ4v) is 4.74. The highest BCUT2D eigenvalue weighted by molar-refractivity contribution is 6.31. The normalized spacial score (nSPS) is 10.2. The van der Waals surface area contributed by atoms with E-state index in [9.17, 15) is 0 Å². The van der Waals surface area contributed by atoms with Crippen molar-refractivity contribution in [3.8, 4) is 22.5 Å². The first kappa shape index (κ1) is 38.8. The number of nitrogens with zero attached hydrogens (tertiary/aromatic N) is 6. The highest BCUT2D eigenvalue weighted by atomic mass is 35.5. The molecule has 0 aliphatic heterocycles. The molecule has 0 aliphatic carbocycles. The van der Waals surface area contributed by atoms with Crippen LogP contribution in [-0.4, -0.2) is 66.4 Å². The number of aliphatic hydroxyl groups excluding tert-OH is 2. The van der Waals surface area contributed by atoms with Crippen molar-refractivity contribution in [2.45, 2.75) is 12.8 Å². The summed E-state index contributed by atoms with van der Waals surface area (Å²) in [6, 6.07) is 25.8. The van der Waals surface area contributed by atoms with Crippen LogP contribution >= 0.6 is 34.8 Å². The summed E-state index contributed by atoms with van der Waals surface area (Å²) in [4.78, 5) is 25.7. The molecule has 264 valence electrons. The molecule has 0 amide bonds. The molecule has 0 saturated heterocycles. The number of benzene rings is 2. The van der Waals surface area contributed by atoms with E-state index >= 15 is 0 Å². The number of rotatable bonds is 12. The van der Waals surface area contributed by atoms with E-state index in [0.717, 1.165) is 46.1 Å². The number of nitrogens with two attached hydrogens (primary N) is 1. The zero-order valence-corrected chi connectivity index (χ0v) is 29.7. The third kappa shape index (κ3) is 13.7. The van der Waals surface area contributed by atoms with Gasteiger partial charge in [0, 0.05) is 77.1 Å². The number of anilines is 5. The molecule has 0 atom stereocenters. The molecule has 2 aromatic carbocycles. The van der Waals surface area contributed by atoms with E-state index in [1.54, 1.807) is 36.9 Å². The van der Waals surface area contributed by atoms with Gasteiger partial charge in [0.2, 0.25) is 11.9 Å². The van der Waals surface area contributed by atoms with Gasteiger partial charge in [0.15, 0.2) is 0 Å². The lowest BCUT2D eigenvalue weighted by Gasteiger charge is -2.09. The van der Waals surface area contributed by atoms with Crippen LogP contribution < -0.4 is 21.7 Å². The Bertz CT molecular complexity index is 1950. The summed E-state index contributed by atoms with van der Waals surface area (Å²) in [6.07, 6.45) is 8.15. The van der Waals surface area contributed by atoms with Crippen LogP contribution in [0, 0.1) is 0 Å². The number of pyridine rings is 2. The molecule has 12 nitrogen and oxygen atoms in total. The van der Waals surface area contributed by atoms with Gasteiger partial charge < -0.3 is 31.9 Å². The Morgan fingerprint density at radius 1 is 0.588 bits per heavy atom. The molecule has 4 heterocycles. The molecule has 0 spiro atoms. The van der Waals surface area contributed by atoms with E-state index < -0.39 is 0 Å². The van der Waals surface area contributed by atoms with E-state index in [1.165, 1.54) is 0 Å². The first-order valence-corrected chi connectivity index (χ1v) is 17.0. The zero-order valence-electron chi connectivity index (χ0n) is 27.4. The molecule has 51 heavy (non-hydrogen) atoms. The van der Waals surface area contributed by atoms with Crippen LogP contribution in [-0.2, 0) is 0 Å². The van der Waals surface area contributed by atoms with Gasteiger partial charge in [0.1, 0.15) is 11.0 Å². The molecule has 0 unspecified atom stereocenters. The van der Waals surface area contributed by atoms with E-state index in [4.69, 9.17) is 50.7 Å². The Labute approximate surface area is 311 Å². The second kappa shape index (κ2) is 21.3. The van der Waals surface area contributed by atoms with Crippen molar-refractivity contribution in [3.63, 3.8) is 0 Å². The number of aliphatic hydroxyl groups is 2. The quantitative estimate of drug-likeness (QED) is 0.0533. The summed E-state index contributed by atoms with van der Waals surface area (Å²) in [5, 5.41) is 28.0. The summed E-state index contributed by atoms with van der Waals surface area (Å²) < 4.78 is 0. The molecule has 0 fully saturated rings. The summed E-state index contributed by atoms with van der Waals surface area (Å²) in [6.45, 7) is 1.63. The first-order valence-electron chi connectivity index (χ1n) is 15.8. The van der Waals surface area contributed by atoms with Crippen molar-refractivity contribution in [1.29, 1.82) is 0 Å². The number of hydrogen-bond acceptors (Lipinski definition) is 12. The summed E-state index contributed by atoms with van der Waals surface area (Å²) >= 11 is 17.8. The molecular formula is C36H37Cl3N10O2. The SMILES string of the molecule is Clc1cccc(Nc2nccc(-c3ccnc(Cl)c3)n2)c1.NCCCO.OCCCNc1cc(-c2ccnc(Nc3cccc(Cl)c3)n2)ccn1. The Morgan fingerprint density at radius 3 is 1.61 bits per heavy atom. The second-order valence-corrected chi connectivity index (χ2v) is 11.7. The minimum atomic E-state index is 0.150. The van der Waals surface area contributed by atoms with Crippen LogP contribution in [0.4, 0.5) is 29.1 Å². The van der Waals surface area contributed by atoms with Crippen molar-refractivity contribution in [2.24, 2.45) is 5.73 Å². The van der Waals surface area contributed by atoms with Crippen molar-refractivity contribution in [1.82, 2.24) is 29.9 Å². The standard InChI is InChI=1S/C18H18ClN5O.C15H10Cl2N4.C3H9NO/c19-14-3-1-4-15(12-14)23-18-22-9-6-16(24-18)13-5-8-21-17(11-13)20-7-2-10-25;16-11-2-1-3-12(9-11)20-15-19-7-5-13(21-15)10-4-6-18-14(17)8-10;4-2-1-3-5/h1,3-6,8-9,11-12,25H,2,7,10H2,(H,20,21)(H,22,23,24);1-9H,(H,19,20,21);5H,1-4H2. The minimum Gasteiger partial charge on any atom is -0.396 e. The van der Waals surface area contributed by atoms with E-state index in [1.807, 2.05) is 72.8 Å². The van der Waals surface area contributed by atoms with E-state index in [-0.39, 0.29) is 13.2 Å². The molecule has 4 aromatic heterocycles. The van der Waals surface area contributed by atoms with E-state index in [0.29, 0.717) is 46.6 Å². The summed E-state index contributed by atoms with van der Waals surface area (Å²) in [5.74, 6) is 1.72. The number of aromatic nitrogens is 6. The maximum atomic E-state index is 8.85. The summed E-state index contributed by atoms with van der Waals surface area (Å²) in [5.41, 5.74) is 9.99. The van der Waals surface area contributed by atoms with E-state index in [2.05, 4.69) is 45.9 Å². The van der Waals surface area contributed by atoms with Crippen LogP contribution in [0.25, 0.3) is 22.5 Å². The maximum Gasteiger partial charge on any atom is 0.227 e. The van der Waals surface area contributed by atoms with Gasteiger partial charge in [-0.05, 0) is 92.2 Å². The van der Waals surface area contributed by atoms with Crippen molar-refractivity contribution >= 4 is 63.9 Å². The fourth-order valence-electron chi connectivity index (χ4n) is 4.19. The maximum absolute atomic E-state index is 8.85.